The predicted octanol–water partition coefficient (Wildman–Crippen LogP) is 4.21. The fraction of sp³-hybridized carbons (Fsp3) is 0.0526. The molecular formula is C19H14N2O3S2. The number of nitrogens with one attached hydrogen (secondary N) is 1. The van der Waals surface area contributed by atoms with E-state index in [0.717, 1.165) is 5.56 Å². The normalized spacial score (nSPS) is 10.9. The van der Waals surface area contributed by atoms with Crippen molar-refractivity contribution in [3.05, 3.63) is 70.6 Å². The topological polar surface area (TPSA) is 87.0 Å². The molecule has 2 aromatic carbocycles. The smallest absolute Gasteiger partial charge is 0.262 e. The Kier molecular flexibility index (Phi) is 4.89. The van der Waals surface area contributed by atoms with Crippen LogP contribution in [0.3, 0.4) is 0 Å². The number of rotatable bonds is 5. The number of hydrogen-bond acceptors (Lipinski definition) is 5. The zero-order valence-electron chi connectivity index (χ0n) is 13.8. The summed E-state index contributed by atoms with van der Waals surface area (Å²) in [5.41, 5.74) is 2.20. The van der Waals surface area contributed by atoms with Crippen LogP contribution in [0.5, 0.6) is 0 Å². The zero-order valence-corrected chi connectivity index (χ0v) is 15.4. The van der Waals surface area contributed by atoms with Gasteiger partial charge in [0.2, 0.25) is 0 Å². The molecule has 0 spiro atoms. The van der Waals surface area contributed by atoms with E-state index in [4.69, 9.17) is 5.26 Å². The maximum absolute atomic E-state index is 12.8. The molecule has 0 radical (unpaired) electrons. The maximum atomic E-state index is 12.8. The third-order valence-electron chi connectivity index (χ3n) is 3.77. The van der Waals surface area contributed by atoms with Crippen LogP contribution in [0.2, 0.25) is 0 Å². The van der Waals surface area contributed by atoms with Crippen molar-refractivity contribution in [1.29, 1.82) is 5.26 Å². The van der Waals surface area contributed by atoms with E-state index in [0.29, 0.717) is 32.9 Å². The second kappa shape index (κ2) is 7.12. The summed E-state index contributed by atoms with van der Waals surface area (Å²) in [5.74, 6) is 0. The van der Waals surface area contributed by atoms with Crippen LogP contribution in [0.1, 0.15) is 20.8 Å². The Hall–Kier alpha value is -2.95. The van der Waals surface area contributed by atoms with Gasteiger partial charge in [0.15, 0.2) is 6.29 Å². The van der Waals surface area contributed by atoms with Gasteiger partial charge in [-0.2, -0.15) is 5.26 Å². The average molecular weight is 382 g/mol. The first kappa shape index (κ1) is 17.9. The van der Waals surface area contributed by atoms with Crippen molar-refractivity contribution < 1.29 is 13.2 Å². The van der Waals surface area contributed by atoms with Gasteiger partial charge >= 0.3 is 0 Å². The van der Waals surface area contributed by atoms with Crippen molar-refractivity contribution >= 4 is 33.3 Å². The largest absolute Gasteiger partial charge is 0.297 e. The zero-order chi connectivity index (χ0) is 18.7. The summed E-state index contributed by atoms with van der Waals surface area (Å²) >= 11 is 1.19. The molecule has 3 rings (SSSR count). The lowest BCUT2D eigenvalue weighted by Crippen LogP contribution is -2.14. The van der Waals surface area contributed by atoms with Crippen LogP contribution in [-0.4, -0.2) is 14.7 Å². The van der Waals surface area contributed by atoms with Crippen molar-refractivity contribution in [3.8, 4) is 16.5 Å². The van der Waals surface area contributed by atoms with Crippen LogP contribution in [-0.2, 0) is 10.0 Å². The molecule has 130 valence electrons. The second-order valence-corrected chi connectivity index (χ2v) is 8.30. The number of carbonyl (C=O) groups is 1. The van der Waals surface area contributed by atoms with Crippen LogP contribution < -0.4 is 4.72 Å². The molecule has 0 saturated carbocycles. The van der Waals surface area contributed by atoms with E-state index < -0.39 is 10.0 Å². The molecule has 0 aliphatic carbocycles. The molecule has 0 unspecified atom stereocenters. The van der Waals surface area contributed by atoms with Crippen LogP contribution >= 0.6 is 11.3 Å². The second-order valence-electron chi connectivity index (χ2n) is 5.57. The standard InChI is InChI=1S/C19H14N2O3S2/c1-13-4-2-3-5-18(13)26(23,24)21-17-10-16(12-22)25-19(17)15-8-6-14(11-20)7-9-15/h2-10,12,21H,1H3. The fourth-order valence-electron chi connectivity index (χ4n) is 2.51. The SMILES string of the molecule is Cc1ccccc1S(=O)(=O)Nc1cc(C=O)sc1-c1ccc(C#N)cc1. The minimum absolute atomic E-state index is 0.185. The number of benzene rings is 2. The van der Waals surface area contributed by atoms with Gasteiger partial charge in [-0.25, -0.2) is 8.42 Å². The first-order chi connectivity index (χ1) is 12.4. The Morgan fingerprint density at radius 2 is 1.81 bits per heavy atom. The average Bonchev–Trinajstić information content (AvgIpc) is 3.04. The molecule has 1 heterocycles. The molecule has 7 heteroatoms. The number of aryl methyl sites for hydroxylation is 1. The maximum Gasteiger partial charge on any atom is 0.262 e. The van der Waals surface area contributed by atoms with E-state index in [2.05, 4.69) is 4.72 Å². The van der Waals surface area contributed by atoms with E-state index in [1.165, 1.54) is 23.5 Å². The fourth-order valence-corrected chi connectivity index (χ4v) is 4.82. The molecule has 26 heavy (non-hydrogen) atoms. The summed E-state index contributed by atoms with van der Waals surface area (Å²) in [5, 5.41) is 8.92. The van der Waals surface area contributed by atoms with Gasteiger partial charge in [0.25, 0.3) is 10.0 Å². The number of nitrogens with zero attached hydrogens (tertiary/aromatic N) is 1. The summed E-state index contributed by atoms with van der Waals surface area (Å²) in [4.78, 5) is 12.4. The van der Waals surface area contributed by atoms with Gasteiger partial charge in [0, 0.05) is 0 Å². The first-order valence-corrected chi connectivity index (χ1v) is 9.92. The molecule has 0 saturated heterocycles. The van der Waals surface area contributed by atoms with Crippen LogP contribution in [0.4, 0.5) is 5.69 Å². The molecule has 5 nitrogen and oxygen atoms in total. The van der Waals surface area contributed by atoms with Crippen molar-refractivity contribution in [2.75, 3.05) is 4.72 Å². The number of thiophene rings is 1. The number of hydrogen-bond donors (Lipinski definition) is 1. The van der Waals surface area contributed by atoms with Crippen molar-refractivity contribution in [3.63, 3.8) is 0 Å². The van der Waals surface area contributed by atoms with Gasteiger partial charge < -0.3 is 0 Å². The lowest BCUT2D eigenvalue weighted by atomic mass is 10.1. The molecule has 0 aliphatic heterocycles. The van der Waals surface area contributed by atoms with Crippen molar-refractivity contribution in [2.45, 2.75) is 11.8 Å². The summed E-state index contributed by atoms with van der Waals surface area (Å²) in [6, 6.07) is 17.0. The van der Waals surface area contributed by atoms with Gasteiger partial charge in [-0.05, 0) is 42.3 Å². The Balaban J connectivity index is 2.05. The molecule has 0 aliphatic rings. The summed E-state index contributed by atoms with van der Waals surface area (Å²) in [6.45, 7) is 1.72. The molecule has 0 bridgehead atoms. The van der Waals surface area contributed by atoms with Crippen LogP contribution in [0, 0.1) is 18.3 Å². The first-order valence-electron chi connectivity index (χ1n) is 7.62. The lowest BCUT2D eigenvalue weighted by molar-refractivity contribution is 0.112. The van der Waals surface area contributed by atoms with E-state index in [1.54, 1.807) is 49.4 Å². The quantitative estimate of drug-likeness (QED) is 0.670. The van der Waals surface area contributed by atoms with E-state index in [1.807, 2.05) is 6.07 Å². The highest BCUT2D eigenvalue weighted by Crippen LogP contribution is 2.37. The highest BCUT2D eigenvalue weighted by molar-refractivity contribution is 7.92. The van der Waals surface area contributed by atoms with Gasteiger partial charge in [-0.1, -0.05) is 30.3 Å². The minimum atomic E-state index is -3.79. The number of sulfonamides is 1. The highest BCUT2D eigenvalue weighted by atomic mass is 32.2. The molecule has 3 aromatic rings. The van der Waals surface area contributed by atoms with Gasteiger partial charge in [-0.15, -0.1) is 11.3 Å². The Morgan fingerprint density at radius 1 is 1.12 bits per heavy atom. The molecule has 0 atom stereocenters. The predicted molar refractivity (Wildman–Crippen MR) is 102 cm³/mol. The van der Waals surface area contributed by atoms with Gasteiger partial charge in [0.1, 0.15) is 0 Å². The number of nitriles is 1. The molecular weight excluding hydrogens is 368 g/mol. The number of aldehydes is 1. The third-order valence-corrected chi connectivity index (χ3v) is 6.41. The Morgan fingerprint density at radius 3 is 2.42 bits per heavy atom. The highest BCUT2D eigenvalue weighted by Gasteiger charge is 2.20. The third kappa shape index (κ3) is 3.52. The molecule has 0 amide bonds. The van der Waals surface area contributed by atoms with Crippen LogP contribution in [0.25, 0.3) is 10.4 Å². The Labute approximate surface area is 155 Å². The molecule has 1 N–H and O–H groups in total. The number of carbonyl (C=O) groups excluding carboxylic acids is 1. The molecule has 1 aromatic heterocycles. The monoisotopic (exact) mass is 382 g/mol. The van der Waals surface area contributed by atoms with E-state index in [9.17, 15) is 13.2 Å². The summed E-state index contributed by atoms with van der Waals surface area (Å²) in [7, 11) is -3.79. The summed E-state index contributed by atoms with van der Waals surface area (Å²) < 4.78 is 28.1. The summed E-state index contributed by atoms with van der Waals surface area (Å²) in [6.07, 6.45) is 0.684. The van der Waals surface area contributed by atoms with Gasteiger partial charge in [0.05, 0.1) is 32.0 Å². The van der Waals surface area contributed by atoms with Gasteiger partial charge in [-0.3, -0.25) is 9.52 Å². The van der Waals surface area contributed by atoms with Crippen LogP contribution in [0.15, 0.2) is 59.5 Å². The Bertz CT molecular complexity index is 1110. The van der Waals surface area contributed by atoms with Crippen molar-refractivity contribution in [1.82, 2.24) is 0 Å². The van der Waals surface area contributed by atoms with E-state index in [-0.39, 0.29) is 4.90 Å². The lowest BCUT2D eigenvalue weighted by Gasteiger charge is -2.11. The minimum Gasteiger partial charge on any atom is -0.297 e. The molecule has 0 fully saturated rings. The van der Waals surface area contributed by atoms with Crippen molar-refractivity contribution in [2.24, 2.45) is 0 Å². The van der Waals surface area contributed by atoms with E-state index >= 15 is 0 Å². The number of anilines is 1.